The van der Waals surface area contributed by atoms with Gasteiger partial charge in [-0.2, -0.15) is 5.10 Å². The van der Waals surface area contributed by atoms with Crippen LogP contribution in [0, 0.1) is 0 Å². The second kappa shape index (κ2) is 7.15. The van der Waals surface area contributed by atoms with Crippen LogP contribution >= 0.6 is 11.8 Å². The Kier molecular flexibility index (Phi) is 4.16. The Labute approximate surface area is 178 Å². The van der Waals surface area contributed by atoms with Crippen LogP contribution in [0.15, 0.2) is 82.8 Å². The van der Waals surface area contributed by atoms with Gasteiger partial charge in [0.05, 0.1) is 11.2 Å². The van der Waals surface area contributed by atoms with Gasteiger partial charge >= 0.3 is 0 Å². The smallest absolute Gasteiger partial charge is 0.195 e. The maximum atomic E-state index is 4.83. The van der Waals surface area contributed by atoms with Crippen LogP contribution in [0.4, 0.5) is 11.6 Å². The molecule has 5 nitrogen and oxygen atoms in total. The predicted molar refractivity (Wildman–Crippen MR) is 121 cm³/mol. The SMILES string of the molecule is c1ccc2cc(Sc3nc(Nc4cc(C5CC5)n[nH]4)c4ccccc4n3)ccc2c1. The zero-order valence-electron chi connectivity index (χ0n) is 16.2. The molecule has 2 heterocycles. The summed E-state index contributed by atoms with van der Waals surface area (Å²) in [5.74, 6) is 2.26. The van der Waals surface area contributed by atoms with Gasteiger partial charge in [-0.1, -0.05) is 42.5 Å². The van der Waals surface area contributed by atoms with Gasteiger partial charge in [-0.15, -0.1) is 0 Å². The molecule has 0 saturated heterocycles. The zero-order chi connectivity index (χ0) is 19.9. The highest BCUT2D eigenvalue weighted by Gasteiger charge is 2.26. The molecule has 0 radical (unpaired) electrons. The van der Waals surface area contributed by atoms with E-state index in [1.54, 1.807) is 11.8 Å². The van der Waals surface area contributed by atoms with Crippen molar-refractivity contribution < 1.29 is 0 Å². The third-order valence-corrected chi connectivity index (χ3v) is 6.21. The first-order valence-electron chi connectivity index (χ1n) is 10.1. The van der Waals surface area contributed by atoms with E-state index in [2.05, 4.69) is 64.0 Å². The number of hydrogen-bond donors (Lipinski definition) is 2. The number of nitrogens with one attached hydrogen (secondary N) is 2. The minimum atomic E-state index is 0.609. The van der Waals surface area contributed by atoms with Gasteiger partial charge in [0.25, 0.3) is 0 Å². The van der Waals surface area contributed by atoms with Gasteiger partial charge in [0, 0.05) is 22.3 Å². The van der Waals surface area contributed by atoms with Crippen molar-refractivity contribution in [3.8, 4) is 0 Å². The molecule has 1 fully saturated rings. The van der Waals surface area contributed by atoms with Crippen LogP contribution in [0.2, 0.25) is 0 Å². The number of hydrogen-bond acceptors (Lipinski definition) is 5. The topological polar surface area (TPSA) is 66.5 Å². The summed E-state index contributed by atoms with van der Waals surface area (Å²) in [7, 11) is 0. The Morgan fingerprint density at radius 1 is 0.867 bits per heavy atom. The molecule has 6 rings (SSSR count). The molecule has 2 N–H and O–H groups in total. The molecule has 1 aliphatic carbocycles. The summed E-state index contributed by atoms with van der Waals surface area (Å²) in [6, 6.07) is 25.0. The van der Waals surface area contributed by atoms with Gasteiger partial charge in [0.15, 0.2) is 5.16 Å². The van der Waals surface area contributed by atoms with E-state index in [4.69, 9.17) is 9.97 Å². The van der Waals surface area contributed by atoms with Gasteiger partial charge in [-0.25, -0.2) is 9.97 Å². The van der Waals surface area contributed by atoms with Crippen molar-refractivity contribution >= 4 is 45.1 Å². The van der Waals surface area contributed by atoms with Crippen LogP contribution < -0.4 is 5.32 Å². The monoisotopic (exact) mass is 409 g/mol. The van der Waals surface area contributed by atoms with Crippen molar-refractivity contribution in [3.05, 3.63) is 78.5 Å². The Balaban J connectivity index is 1.36. The highest BCUT2D eigenvalue weighted by molar-refractivity contribution is 7.99. The summed E-state index contributed by atoms with van der Waals surface area (Å²) in [4.78, 5) is 10.7. The minimum absolute atomic E-state index is 0.609. The molecule has 146 valence electrons. The van der Waals surface area contributed by atoms with E-state index >= 15 is 0 Å². The third kappa shape index (κ3) is 3.39. The van der Waals surface area contributed by atoms with Gasteiger partial charge in [0.2, 0.25) is 0 Å². The van der Waals surface area contributed by atoms with Crippen LogP contribution in [0.5, 0.6) is 0 Å². The fourth-order valence-corrected chi connectivity index (χ4v) is 4.46. The zero-order valence-corrected chi connectivity index (χ0v) is 17.0. The van der Waals surface area contributed by atoms with E-state index in [0.29, 0.717) is 11.1 Å². The second-order valence-corrected chi connectivity index (χ2v) is 8.63. The summed E-state index contributed by atoms with van der Waals surface area (Å²) in [6.07, 6.45) is 2.46. The maximum Gasteiger partial charge on any atom is 0.195 e. The number of anilines is 2. The molecule has 0 spiro atoms. The summed E-state index contributed by atoms with van der Waals surface area (Å²) in [5.41, 5.74) is 2.04. The first-order valence-corrected chi connectivity index (χ1v) is 10.9. The lowest BCUT2D eigenvalue weighted by Gasteiger charge is -2.09. The average molecular weight is 410 g/mol. The first-order chi connectivity index (χ1) is 14.8. The predicted octanol–water partition coefficient (Wildman–Crippen LogP) is 6.28. The number of H-pyrrole nitrogens is 1. The molecule has 0 amide bonds. The molecular weight excluding hydrogens is 390 g/mol. The molecule has 6 heteroatoms. The average Bonchev–Trinajstić information content (AvgIpc) is 3.53. The number of aromatic nitrogens is 4. The molecule has 0 atom stereocenters. The Bertz CT molecular complexity index is 1370. The summed E-state index contributed by atoms with van der Waals surface area (Å²) >= 11 is 1.57. The molecule has 0 unspecified atom stereocenters. The summed E-state index contributed by atoms with van der Waals surface area (Å²) < 4.78 is 0. The quantitative estimate of drug-likeness (QED) is 0.335. The maximum absolute atomic E-state index is 4.83. The third-order valence-electron chi connectivity index (χ3n) is 5.36. The van der Waals surface area contributed by atoms with Crippen molar-refractivity contribution in [3.63, 3.8) is 0 Å². The number of aromatic amines is 1. The number of rotatable bonds is 5. The van der Waals surface area contributed by atoms with E-state index in [9.17, 15) is 0 Å². The van der Waals surface area contributed by atoms with Crippen molar-refractivity contribution in [2.24, 2.45) is 0 Å². The van der Waals surface area contributed by atoms with Gasteiger partial charge in [-0.3, -0.25) is 5.10 Å². The van der Waals surface area contributed by atoms with Crippen molar-refractivity contribution in [2.45, 2.75) is 28.8 Å². The standard InChI is InChI=1S/C24H19N5S/c1-2-6-17-13-18(12-11-15(17)5-1)30-24-25-20-8-4-3-7-19(20)23(27-24)26-22-14-21(28-29-22)16-9-10-16/h1-8,11-14,16H,9-10H2,(H2,25,26,27,28,29). The molecular formula is C24H19N5S. The molecule has 2 aromatic heterocycles. The van der Waals surface area contributed by atoms with Crippen LogP contribution in [0.3, 0.4) is 0 Å². The summed E-state index contributed by atoms with van der Waals surface area (Å²) in [6.45, 7) is 0. The number of benzene rings is 3. The molecule has 1 aliphatic rings. The molecule has 0 aliphatic heterocycles. The van der Waals surface area contributed by atoms with E-state index in [0.717, 1.165) is 33.1 Å². The van der Waals surface area contributed by atoms with Crippen LogP contribution in [-0.4, -0.2) is 20.2 Å². The Morgan fingerprint density at radius 3 is 2.60 bits per heavy atom. The summed E-state index contributed by atoms with van der Waals surface area (Å²) in [5, 5.41) is 15.1. The fraction of sp³-hybridized carbons (Fsp3) is 0.125. The Morgan fingerprint density at radius 2 is 1.70 bits per heavy atom. The molecule has 5 aromatic rings. The van der Waals surface area contributed by atoms with Gasteiger partial charge in [0.1, 0.15) is 11.6 Å². The first kappa shape index (κ1) is 17.5. The van der Waals surface area contributed by atoms with Crippen LogP contribution in [-0.2, 0) is 0 Å². The van der Waals surface area contributed by atoms with E-state index < -0.39 is 0 Å². The normalized spacial score (nSPS) is 13.7. The molecule has 3 aromatic carbocycles. The van der Waals surface area contributed by atoms with Crippen molar-refractivity contribution in [1.82, 2.24) is 20.2 Å². The largest absolute Gasteiger partial charge is 0.325 e. The lowest BCUT2D eigenvalue weighted by Crippen LogP contribution is -1.99. The minimum Gasteiger partial charge on any atom is -0.325 e. The van der Waals surface area contributed by atoms with Crippen LogP contribution in [0.1, 0.15) is 24.5 Å². The van der Waals surface area contributed by atoms with E-state index in [1.165, 1.54) is 23.6 Å². The highest BCUT2D eigenvalue weighted by atomic mass is 32.2. The van der Waals surface area contributed by atoms with E-state index in [-0.39, 0.29) is 0 Å². The number of nitrogens with zero attached hydrogens (tertiary/aromatic N) is 3. The van der Waals surface area contributed by atoms with E-state index in [1.807, 2.05) is 24.3 Å². The number of para-hydroxylation sites is 1. The van der Waals surface area contributed by atoms with Gasteiger partial charge in [-0.05, 0) is 59.6 Å². The molecule has 30 heavy (non-hydrogen) atoms. The lowest BCUT2D eigenvalue weighted by molar-refractivity contribution is 0.964. The number of fused-ring (bicyclic) bond motifs is 2. The van der Waals surface area contributed by atoms with Crippen molar-refractivity contribution in [2.75, 3.05) is 5.32 Å². The lowest BCUT2D eigenvalue weighted by atomic mass is 10.1. The molecule has 0 bridgehead atoms. The van der Waals surface area contributed by atoms with Crippen LogP contribution in [0.25, 0.3) is 21.7 Å². The second-order valence-electron chi connectivity index (χ2n) is 7.59. The van der Waals surface area contributed by atoms with Crippen molar-refractivity contribution in [1.29, 1.82) is 0 Å². The fourth-order valence-electron chi connectivity index (χ4n) is 3.65. The van der Waals surface area contributed by atoms with Gasteiger partial charge < -0.3 is 5.32 Å². The highest BCUT2D eigenvalue weighted by Crippen LogP contribution is 2.40. The molecule has 1 saturated carbocycles. The Hall–Kier alpha value is -3.38.